The fourth-order valence-corrected chi connectivity index (χ4v) is 4.44. The quantitative estimate of drug-likeness (QED) is 0.382. The maximum absolute atomic E-state index is 12.8. The Labute approximate surface area is 194 Å². The number of ether oxygens (including phenoxy) is 1. The number of carbonyl (C=O) groups is 1. The van der Waals surface area contributed by atoms with Crippen LogP contribution in [-0.4, -0.2) is 33.0 Å². The highest BCUT2D eigenvalue weighted by atomic mass is 32.1. The van der Waals surface area contributed by atoms with Gasteiger partial charge in [0.1, 0.15) is 11.3 Å². The molecule has 0 unspecified atom stereocenters. The summed E-state index contributed by atoms with van der Waals surface area (Å²) in [7, 11) is 1.64. The molecule has 5 rings (SSSR count). The van der Waals surface area contributed by atoms with Crippen LogP contribution in [0, 0.1) is 6.92 Å². The zero-order valence-electron chi connectivity index (χ0n) is 18.1. The maximum atomic E-state index is 12.8. The minimum absolute atomic E-state index is 0.192. The van der Waals surface area contributed by atoms with Crippen molar-refractivity contribution in [1.29, 1.82) is 0 Å². The fraction of sp³-hybridized carbons (Fsp3) is 0.120. The van der Waals surface area contributed by atoms with E-state index in [1.807, 2.05) is 84.4 Å². The van der Waals surface area contributed by atoms with Crippen LogP contribution in [0.25, 0.3) is 22.3 Å². The van der Waals surface area contributed by atoms with Gasteiger partial charge in [-0.3, -0.25) is 10.1 Å². The third-order valence-corrected chi connectivity index (χ3v) is 6.24. The molecular weight excluding hydrogens is 434 g/mol. The number of nitrogens with one attached hydrogen (secondary N) is 1. The van der Waals surface area contributed by atoms with E-state index in [9.17, 15) is 4.79 Å². The van der Waals surface area contributed by atoms with E-state index in [4.69, 9.17) is 4.74 Å². The molecule has 2 aromatic heterocycles. The van der Waals surface area contributed by atoms with Crippen LogP contribution in [0.15, 0.2) is 72.8 Å². The number of amides is 1. The van der Waals surface area contributed by atoms with Crippen molar-refractivity contribution in [3.05, 3.63) is 88.8 Å². The van der Waals surface area contributed by atoms with Crippen molar-refractivity contribution in [1.82, 2.24) is 20.0 Å². The van der Waals surface area contributed by atoms with E-state index in [0.717, 1.165) is 38.5 Å². The molecule has 5 aromatic rings. The predicted octanol–water partition coefficient (Wildman–Crippen LogP) is 5.17. The second-order valence-electron chi connectivity index (χ2n) is 7.54. The molecule has 8 heteroatoms. The van der Waals surface area contributed by atoms with Gasteiger partial charge in [-0.05, 0) is 61.0 Å². The van der Waals surface area contributed by atoms with Gasteiger partial charge in [0.2, 0.25) is 0 Å². The molecule has 0 aliphatic rings. The first kappa shape index (κ1) is 20.8. The lowest BCUT2D eigenvalue weighted by Crippen LogP contribution is -2.12. The predicted molar refractivity (Wildman–Crippen MR) is 130 cm³/mol. The van der Waals surface area contributed by atoms with E-state index < -0.39 is 0 Å². The van der Waals surface area contributed by atoms with Crippen LogP contribution in [0.5, 0.6) is 5.75 Å². The molecule has 0 bridgehead atoms. The molecule has 0 saturated heterocycles. The number of benzene rings is 3. The Hall–Kier alpha value is -4.04. The summed E-state index contributed by atoms with van der Waals surface area (Å²) in [6.45, 7) is 2.58. The largest absolute Gasteiger partial charge is 0.497 e. The van der Waals surface area contributed by atoms with Gasteiger partial charge in [0.05, 0.1) is 24.9 Å². The van der Waals surface area contributed by atoms with Crippen molar-refractivity contribution in [2.24, 2.45) is 0 Å². The highest BCUT2D eigenvalue weighted by Crippen LogP contribution is 2.31. The summed E-state index contributed by atoms with van der Waals surface area (Å²) in [5, 5.41) is 11.9. The van der Waals surface area contributed by atoms with Crippen LogP contribution in [0.4, 0.5) is 5.13 Å². The molecule has 1 amide bonds. The Morgan fingerprint density at radius 1 is 1.03 bits per heavy atom. The summed E-state index contributed by atoms with van der Waals surface area (Å²) >= 11 is 1.46. The Balaban J connectivity index is 1.28. The summed E-state index contributed by atoms with van der Waals surface area (Å²) in [5.41, 5.74) is 5.28. The van der Waals surface area contributed by atoms with Crippen LogP contribution < -0.4 is 10.1 Å². The number of thiazole rings is 1. The van der Waals surface area contributed by atoms with Crippen LogP contribution in [0.3, 0.4) is 0 Å². The standard InChI is InChI=1S/C25H21N5O2S/c1-16-23(18-11-13-20(32-2)14-12-18)26-25(33-16)27-24(31)19-9-7-17(8-10-19)15-30-22-6-4-3-5-21(22)28-29-30/h3-14H,15H2,1-2H3,(H,26,27,31). The van der Waals surface area contributed by atoms with Gasteiger partial charge in [0.25, 0.3) is 5.91 Å². The molecule has 0 aliphatic carbocycles. The van der Waals surface area contributed by atoms with Crippen molar-refractivity contribution < 1.29 is 9.53 Å². The molecule has 0 radical (unpaired) electrons. The monoisotopic (exact) mass is 455 g/mol. The van der Waals surface area contributed by atoms with E-state index >= 15 is 0 Å². The number of aromatic nitrogens is 4. The number of anilines is 1. The van der Waals surface area contributed by atoms with Crippen molar-refractivity contribution in [2.45, 2.75) is 13.5 Å². The number of nitrogens with zero attached hydrogens (tertiary/aromatic N) is 4. The molecule has 2 heterocycles. The van der Waals surface area contributed by atoms with E-state index in [1.54, 1.807) is 7.11 Å². The summed E-state index contributed by atoms with van der Waals surface area (Å²) in [6, 6.07) is 23.1. The lowest BCUT2D eigenvalue weighted by molar-refractivity contribution is 0.102. The third kappa shape index (κ3) is 4.33. The first-order chi connectivity index (χ1) is 16.1. The molecule has 3 aromatic carbocycles. The second kappa shape index (κ2) is 8.84. The van der Waals surface area contributed by atoms with Gasteiger partial charge in [0, 0.05) is 16.0 Å². The zero-order chi connectivity index (χ0) is 22.8. The molecule has 0 spiro atoms. The SMILES string of the molecule is COc1ccc(-c2nc(NC(=O)c3ccc(Cn4nnc5ccccc54)cc3)sc2C)cc1. The number of aryl methyl sites for hydroxylation is 1. The summed E-state index contributed by atoms with van der Waals surface area (Å²) < 4.78 is 7.07. The van der Waals surface area contributed by atoms with Crippen LogP contribution in [0.1, 0.15) is 20.8 Å². The average molecular weight is 456 g/mol. The minimum atomic E-state index is -0.192. The Bertz CT molecular complexity index is 1420. The first-order valence-corrected chi connectivity index (χ1v) is 11.2. The highest BCUT2D eigenvalue weighted by molar-refractivity contribution is 7.16. The van der Waals surface area contributed by atoms with E-state index in [-0.39, 0.29) is 5.91 Å². The molecule has 33 heavy (non-hydrogen) atoms. The van der Waals surface area contributed by atoms with Gasteiger partial charge in [-0.25, -0.2) is 9.67 Å². The molecule has 0 atom stereocenters. The summed E-state index contributed by atoms with van der Waals surface area (Å²) in [6.07, 6.45) is 0. The minimum Gasteiger partial charge on any atom is -0.497 e. The second-order valence-corrected chi connectivity index (χ2v) is 8.74. The molecule has 164 valence electrons. The first-order valence-electron chi connectivity index (χ1n) is 10.4. The van der Waals surface area contributed by atoms with Gasteiger partial charge in [-0.2, -0.15) is 0 Å². The summed E-state index contributed by atoms with van der Waals surface area (Å²) in [5.74, 6) is 0.600. The smallest absolute Gasteiger partial charge is 0.257 e. The van der Waals surface area contributed by atoms with Crippen molar-refractivity contribution in [3.8, 4) is 17.0 Å². The molecular formula is C25H21N5O2S. The Kier molecular flexibility index (Phi) is 5.58. The molecule has 1 N–H and O–H groups in total. The number of hydrogen-bond donors (Lipinski definition) is 1. The topological polar surface area (TPSA) is 81.9 Å². The Morgan fingerprint density at radius 3 is 2.55 bits per heavy atom. The zero-order valence-corrected chi connectivity index (χ0v) is 19.0. The van der Waals surface area contributed by atoms with Crippen LogP contribution in [-0.2, 0) is 6.54 Å². The lowest BCUT2D eigenvalue weighted by Gasteiger charge is -2.05. The number of rotatable bonds is 6. The fourth-order valence-electron chi connectivity index (χ4n) is 3.60. The highest BCUT2D eigenvalue weighted by Gasteiger charge is 2.14. The van der Waals surface area contributed by atoms with E-state index in [0.29, 0.717) is 17.2 Å². The van der Waals surface area contributed by atoms with Crippen molar-refractivity contribution >= 4 is 33.4 Å². The van der Waals surface area contributed by atoms with Crippen molar-refractivity contribution in [2.75, 3.05) is 12.4 Å². The maximum Gasteiger partial charge on any atom is 0.257 e. The Morgan fingerprint density at radius 2 is 1.79 bits per heavy atom. The molecule has 0 aliphatic heterocycles. The van der Waals surface area contributed by atoms with Crippen LogP contribution >= 0.6 is 11.3 Å². The number of methoxy groups -OCH3 is 1. The number of fused-ring (bicyclic) bond motifs is 1. The lowest BCUT2D eigenvalue weighted by atomic mass is 10.1. The molecule has 7 nitrogen and oxygen atoms in total. The van der Waals surface area contributed by atoms with Gasteiger partial charge in [0.15, 0.2) is 5.13 Å². The van der Waals surface area contributed by atoms with Gasteiger partial charge >= 0.3 is 0 Å². The normalized spacial score (nSPS) is 11.0. The number of hydrogen-bond acceptors (Lipinski definition) is 6. The third-order valence-electron chi connectivity index (χ3n) is 5.35. The summed E-state index contributed by atoms with van der Waals surface area (Å²) in [4.78, 5) is 18.4. The van der Waals surface area contributed by atoms with E-state index in [1.165, 1.54) is 11.3 Å². The van der Waals surface area contributed by atoms with Gasteiger partial charge in [-0.15, -0.1) is 16.4 Å². The average Bonchev–Trinajstić information content (AvgIpc) is 3.42. The van der Waals surface area contributed by atoms with E-state index in [2.05, 4.69) is 20.6 Å². The molecule has 0 saturated carbocycles. The number of carbonyl (C=O) groups excluding carboxylic acids is 1. The van der Waals surface area contributed by atoms with Crippen LogP contribution in [0.2, 0.25) is 0 Å². The number of para-hydroxylation sites is 1. The van der Waals surface area contributed by atoms with Gasteiger partial charge in [-0.1, -0.05) is 29.5 Å². The molecule has 0 fully saturated rings. The van der Waals surface area contributed by atoms with Crippen molar-refractivity contribution in [3.63, 3.8) is 0 Å². The van der Waals surface area contributed by atoms with Gasteiger partial charge < -0.3 is 4.74 Å².